The van der Waals surface area contributed by atoms with Gasteiger partial charge in [0.15, 0.2) is 6.29 Å². The molecule has 1 aromatic heterocycles. The van der Waals surface area contributed by atoms with Gasteiger partial charge in [0.1, 0.15) is 12.3 Å². The van der Waals surface area contributed by atoms with Crippen molar-refractivity contribution >= 4 is 17.2 Å². The van der Waals surface area contributed by atoms with Crippen LogP contribution in [0.1, 0.15) is 16.1 Å². The van der Waals surface area contributed by atoms with E-state index >= 15 is 0 Å². The van der Waals surface area contributed by atoms with Crippen molar-refractivity contribution in [1.82, 2.24) is 4.98 Å². The molecule has 0 aliphatic rings. The van der Waals surface area contributed by atoms with E-state index < -0.39 is 0 Å². The molecule has 3 heteroatoms. The summed E-state index contributed by atoms with van der Waals surface area (Å²) in [5.74, 6) is 5.15. The topological polar surface area (TPSA) is 50.2 Å². The molecule has 0 unspecified atom stereocenters. The molecular formula is C13H9NO2. The number of carbonyl (C=O) groups excluding carboxylic acids is 1. The zero-order valence-electron chi connectivity index (χ0n) is 8.47. The molecule has 0 bridgehead atoms. The fourth-order valence-electron chi connectivity index (χ4n) is 1.45. The van der Waals surface area contributed by atoms with Crippen LogP contribution in [0, 0.1) is 11.8 Å². The quantitative estimate of drug-likeness (QED) is 0.573. The lowest BCUT2D eigenvalue weighted by Crippen LogP contribution is -1.93. The van der Waals surface area contributed by atoms with Crippen LogP contribution in [0.15, 0.2) is 30.3 Å². The van der Waals surface area contributed by atoms with E-state index in [0.717, 1.165) is 17.2 Å². The van der Waals surface area contributed by atoms with Crippen LogP contribution in [-0.4, -0.2) is 23.0 Å². The Hall–Kier alpha value is -2.18. The second-order valence-electron chi connectivity index (χ2n) is 3.20. The van der Waals surface area contributed by atoms with Gasteiger partial charge in [-0.05, 0) is 18.1 Å². The Bertz CT molecular complexity index is 594. The molecule has 3 nitrogen and oxygen atoms in total. The Morgan fingerprint density at radius 1 is 1.38 bits per heavy atom. The molecule has 1 N–H and O–H groups in total. The molecule has 16 heavy (non-hydrogen) atoms. The Labute approximate surface area is 92.7 Å². The van der Waals surface area contributed by atoms with Gasteiger partial charge in [-0.2, -0.15) is 0 Å². The van der Waals surface area contributed by atoms with Gasteiger partial charge in [-0.3, -0.25) is 4.79 Å². The molecule has 0 aliphatic heterocycles. The van der Waals surface area contributed by atoms with Gasteiger partial charge in [0.05, 0.1) is 5.52 Å². The van der Waals surface area contributed by atoms with Crippen molar-refractivity contribution in [3.63, 3.8) is 0 Å². The molecule has 1 heterocycles. The summed E-state index contributed by atoms with van der Waals surface area (Å²) in [6, 6.07) is 9.25. The van der Waals surface area contributed by atoms with Crippen LogP contribution in [0.2, 0.25) is 0 Å². The Morgan fingerprint density at radius 3 is 2.94 bits per heavy atom. The number of aliphatic hydroxyl groups is 1. The first-order chi connectivity index (χ1) is 7.85. The minimum atomic E-state index is -0.243. The van der Waals surface area contributed by atoms with Crippen molar-refractivity contribution in [3.05, 3.63) is 41.6 Å². The number of hydrogen-bond acceptors (Lipinski definition) is 3. The van der Waals surface area contributed by atoms with Crippen LogP contribution in [0.3, 0.4) is 0 Å². The van der Waals surface area contributed by atoms with Crippen LogP contribution in [-0.2, 0) is 0 Å². The summed E-state index contributed by atoms with van der Waals surface area (Å²) < 4.78 is 0. The number of nitrogens with zero attached hydrogens (tertiary/aromatic N) is 1. The first-order valence-corrected chi connectivity index (χ1v) is 4.80. The second kappa shape index (κ2) is 4.56. The summed E-state index contributed by atoms with van der Waals surface area (Å²) in [7, 11) is 0. The highest BCUT2D eigenvalue weighted by Crippen LogP contribution is 2.14. The van der Waals surface area contributed by atoms with Gasteiger partial charge in [-0.25, -0.2) is 4.98 Å². The number of hydrogen-bond donors (Lipinski definition) is 1. The van der Waals surface area contributed by atoms with Crippen LogP contribution in [0.25, 0.3) is 10.9 Å². The van der Waals surface area contributed by atoms with Gasteiger partial charge < -0.3 is 5.11 Å². The van der Waals surface area contributed by atoms with E-state index in [-0.39, 0.29) is 6.61 Å². The smallest absolute Gasteiger partial charge is 0.152 e. The molecule has 0 fully saturated rings. The van der Waals surface area contributed by atoms with E-state index in [2.05, 4.69) is 16.8 Å². The zero-order chi connectivity index (χ0) is 11.4. The van der Waals surface area contributed by atoms with Crippen LogP contribution in [0.5, 0.6) is 0 Å². The molecule has 2 aromatic rings. The third-order valence-corrected chi connectivity index (χ3v) is 2.17. The number of fused-ring (bicyclic) bond motifs is 1. The summed E-state index contributed by atoms with van der Waals surface area (Å²) in [6.07, 6.45) is 0.723. The van der Waals surface area contributed by atoms with Gasteiger partial charge in [0.2, 0.25) is 0 Å². The Kier molecular flexibility index (Phi) is 2.95. The lowest BCUT2D eigenvalue weighted by Gasteiger charge is -2.00. The number of rotatable bonds is 1. The molecule has 1 aromatic carbocycles. The molecular weight excluding hydrogens is 202 g/mol. The van der Waals surface area contributed by atoms with Gasteiger partial charge >= 0.3 is 0 Å². The number of pyridine rings is 1. The third kappa shape index (κ3) is 1.92. The molecule has 0 radical (unpaired) electrons. The second-order valence-corrected chi connectivity index (χ2v) is 3.20. The number of carbonyl (C=O) groups is 1. The average molecular weight is 211 g/mol. The van der Waals surface area contributed by atoms with Crippen molar-refractivity contribution in [1.29, 1.82) is 0 Å². The highest BCUT2D eigenvalue weighted by molar-refractivity contribution is 5.88. The van der Waals surface area contributed by atoms with Crippen LogP contribution < -0.4 is 0 Å². The Morgan fingerprint density at radius 2 is 2.19 bits per heavy atom. The minimum absolute atomic E-state index is 0.243. The first kappa shape index (κ1) is 10.3. The van der Waals surface area contributed by atoms with E-state index in [1.54, 1.807) is 6.07 Å². The van der Waals surface area contributed by atoms with E-state index in [1.165, 1.54) is 0 Å². The average Bonchev–Trinajstić information content (AvgIpc) is 2.35. The molecule has 0 aliphatic carbocycles. The lowest BCUT2D eigenvalue weighted by atomic mass is 10.1. The highest BCUT2D eigenvalue weighted by atomic mass is 16.2. The molecule has 0 saturated heterocycles. The molecule has 0 spiro atoms. The lowest BCUT2D eigenvalue weighted by molar-refractivity contribution is 0.112. The maximum absolute atomic E-state index is 10.9. The molecule has 78 valence electrons. The summed E-state index contributed by atoms with van der Waals surface area (Å²) in [5.41, 5.74) is 1.64. The van der Waals surface area contributed by atoms with Crippen molar-refractivity contribution in [2.75, 3.05) is 6.61 Å². The number of aldehydes is 1. The van der Waals surface area contributed by atoms with Gasteiger partial charge in [0.25, 0.3) is 0 Å². The van der Waals surface area contributed by atoms with Crippen molar-refractivity contribution < 1.29 is 9.90 Å². The van der Waals surface area contributed by atoms with Crippen LogP contribution >= 0.6 is 0 Å². The summed E-state index contributed by atoms with van der Waals surface area (Å²) in [4.78, 5) is 15.1. The van der Waals surface area contributed by atoms with Crippen molar-refractivity contribution in [2.45, 2.75) is 0 Å². The van der Waals surface area contributed by atoms with Crippen LogP contribution in [0.4, 0.5) is 0 Å². The normalized spacial score (nSPS) is 9.56. The molecule has 2 rings (SSSR count). The monoisotopic (exact) mass is 211 g/mol. The standard InChI is InChI=1S/C13H9NO2/c15-7-3-6-13-11(9-16)8-10-4-1-2-5-12(10)14-13/h1-2,4-5,8-9,15H,7H2. The van der Waals surface area contributed by atoms with Gasteiger partial charge in [0, 0.05) is 10.9 Å². The fourth-order valence-corrected chi connectivity index (χ4v) is 1.45. The molecule has 0 amide bonds. The number of para-hydroxylation sites is 1. The first-order valence-electron chi connectivity index (χ1n) is 4.80. The van der Waals surface area contributed by atoms with E-state index in [9.17, 15) is 4.79 Å². The highest BCUT2D eigenvalue weighted by Gasteiger charge is 2.03. The Balaban J connectivity index is 2.67. The van der Waals surface area contributed by atoms with E-state index in [1.807, 2.05) is 24.3 Å². The summed E-state index contributed by atoms with van der Waals surface area (Å²) in [6.45, 7) is -0.243. The minimum Gasteiger partial charge on any atom is -0.384 e. The summed E-state index contributed by atoms with van der Waals surface area (Å²) >= 11 is 0. The maximum atomic E-state index is 10.9. The third-order valence-electron chi connectivity index (χ3n) is 2.17. The zero-order valence-corrected chi connectivity index (χ0v) is 8.47. The predicted molar refractivity (Wildman–Crippen MR) is 61.1 cm³/mol. The number of benzene rings is 1. The van der Waals surface area contributed by atoms with Crippen molar-refractivity contribution in [2.24, 2.45) is 0 Å². The van der Waals surface area contributed by atoms with E-state index in [4.69, 9.17) is 5.11 Å². The van der Waals surface area contributed by atoms with Crippen molar-refractivity contribution in [3.8, 4) is 11.8 Å². The SMILES string of the molecule is O=Cc1cc2ccccc2nc1C#CCO. The number of aliphatic hydroxyl groups excluding tert-OH is 1. The molecule has 0 saturated carbocycles. The number of aromatic nitrogens is 1. The van der Waals surface area contributed by atoms with E-state index in [0.29, 0.717) is 11.3 Å². The largest absolute Gasteiger partial charge is 0.384 e. The summed E-state index contributed by atoms with van der Waals surface area (Å²) in [5, 5.41) is 9.52. The fraction of sp³-hybridized carbons (Fsp3) is 0.0769. The van der Waals surface area contributed by atoms with Gasteiger partial charge in [-0.1, -0.05) is 24.1 Å². The predicted octanol–water partition coefficient (Wildman–Crippen LogP) is 1.39. The van der Waals surface area contributed by atoms with Gasteiger partial charge in [-0.15, -0.1) is 0 Å². The maximum Gasteiger partial charge on any atom is 0.152 e. The molecule has 0 atom stereocenters.